The molecule has 1 atom stereocenters. The molecule has 0 heterocycles. The van der Waals surface area contributed by atoms with Crippen molar-refractivity contribution in [3.05, 3.63) is 35.6 Å². The van der Waals surface area contributed by atoms with Crippen molar-refractivity contribution in [3.8, 4) is 0 Å². The van der Waals surface area contributed by atoms with Gasteiger partial charge in [0.2, 0.25) is 0 Å². The van der Waals surface area contributed by atoms with E-state index in [4.69, 9.17) is 4.74 Å². The summed E-state index contributed by atoms with van der Waals surface area (Å²) in [5.41, 5.74) is 0.308. The maximum absolute atomic E-state index is 12.8. The lowest BCUT2D eigenvalue weighted by molar-refractivity contribution is -0.145. The van der Waals surface area contributed by atoms with E-state index in [0.29, 0.717) is 12.2 Å². The Balaban J connectivity index is 2.18. The van der Waals surface area contributed by atoms with Crippen LogP contribution in [0.15, 0.2) is 24.3 Å². The highest BCUT2D eigenvalue weighted by molar-refractivity contribution is 5.96. The lowest BCUT2D eigenvalue weighted by Crippen LogP contribution is -2.39. The largest absolute Gasteiger partial charge is 0.464 e. The number of amides is 1. The summed E-state index contributed by atoms with van der Waals surface area (Å²) in [5, 5.41) is 2.55. The fourth-order valence-electron chi connectivity index (χ4n) is 2.30. The molecular formula is C19H28FNO3. The van der Waals surface area contributed by atoms with E-state index in [9.17, 15) is 14.0 Å². The van der Waals surface area contributed by atoms with Gasteiger partial charge < -0.3 is 10.1 Å². The summed E-state index contributed by atoms with van der Waals surface area (Å²) in [6, 6.07) is 4.44. The van der Waals surface area contributed by atoms with Gasteiger partial charge in [-0.3, -0.25) is 4.79 Å². The topological polar surface area (TPSA) is 55.4 Å². The number of halogens is 1. The Labute approximate surface area is 143 Å². The number of carbonyl (C=O) groups excluding carboxylic acids is 2. The average molecular weight is 337 g/mol. The van der Waals surface area contributed by atoms with Gasteiger partial charge in [-0.1, -0.05) is 45.4 Å². The summed E-state index contributed by atoms with van der Waals surface area (Å²) in [6.45, 7) is 4.15. The average Bonchev–Trinajstić information content (AvgIpc) is 2.57. The zero-order chi connectivity index (χ0) is 17.8. The molecule has 24 heavy (non-hydrogen) atoms. The second-order valence-electron chi connectivity index (χ2n) is 5.99. The van der Waals surface area contributed by atoms with E-state index in [1.54, 1.807) is 6.92 Å². The zero-order valence-corrected chi connectivity index (χ0v) is 14.6. The van der Waals surface area contributed by atoms with Gasteiger partial charge in [0.25, 0.3) is 5.91 Å². The maximum Gasteiger partial charge on any atom is 0.328 e. The van der Waals surface area contributed by atoms with Crippen LogP contribution in [0.1, 0.15) is 69.2 Å². The molecule has 0 bridgehead atoms. The first-order valence-electron chi connectivity index (χ1n) is 8.77. The van der Waals surface area contributed by atoms with Crippen molar-refractivity contribution in [2.75, 3.05) is 6.61 Å². The molecule has 0 spiro atoms. The number of hydrogen-bond donors (Lipinski definition) is 1. The van der Waals surface area contributed by atoms with Crippen LogP contribution in [0.5, 0.6) is 0 Å². The number of unbranched alkanes of at least 4 members (excludes halogenated alkanes) is 6. The molecule has 1 aromatic carbocycles. The SMILES string of the molecule is CCCCCCCCCOC(=O)C(C)NC(=O)c1ccc(F)cc1. The van der Waals surface area contributed by atoms with E-state index in [0.717, 1.165) is 19.3 Å². The van der Waals surface area contributed by atoms with Crippen LogP contribution in [0.25, 0.3) is 0 Å². The van der Waals surface area contributed by atoms with Crippen LogP contribution < -0.4 is 5.32 Å². The smallest absolute Gasteiger partial charge is 0.328 e. The Morgan fingerprint density at radius 2 is 1.62 bits per heavy atom. The van der Waals surface area contributed by atoms with Crippen molar-refractivity contribution in [3.63, 3.8) is 0 Å². The van der Waals surface area contributed by atoms with E-state index < -0.39 is 23.7 Å². The Morgan fingerprint density at radius 3 is 2.25 bits per heavy atom. The highest BCUT2D eigenvalue weighted by atomic mass is 19.1. The zero-order valence-electron chi connectivity index (χ0n) is 14.6. The van der Waals surface area contributed by atoms with Gasteiger partial charge in [-0.05, 0) is 37.6 Å². The number of nitrogens with one attached hydrogen (secondary N) is 1. The van der Waals surface area contributed by atoms with Crippen LogP contribution in [-0.4, -0.2) is 24.5 Å². The Kier molecular flexibility index (Phi) is 9.73. The molecule has 4 nitrogen and oxygen atoms in total. The molecule has 0 saturated heterocycles. The molecule has 1 aromatic rings. The second kappa shape index (κ2) is 11.6. The molecule has 0 aliphatic rings. The third kappa shape index (κ3) is 8.09. The molecular weight excluding hydrogens is 309 g/mol. The van der Waals surface area contributed by atoms with Gasteiger partial charge in [-0.2, -0.15) is 0 Å². The second-order valence-corrected chi connectivity index (χ2v) is 5.99. The fourth-order valence-corrected chi connectivity index (χ4v) is 2.30. The van der Waals surface area contributed by atoms with Crippen LogP contribution >= 0.6 is 0 Å². The number of esters is 1. The van der Waals surface area contributed by atoms with Crippen LogP contribution in [0.4, 0.5) is 4.39 Å². The van der Waals surface area contributed by atoms with Gasteiger partial charge in [-0.15, -0.1) is 0 Å². The van der Waals surface area contributed by atoms with Crippen LogP contribution in [-0.2, 0) is 9.53 Å². The van der Waals surface area contributed by atoms with Gasteiger partial charge in [0.05, 0.1) is 6.61 Å². The maximum atomic E-state index is 12.8. The van der Waals surface area contributed by atoms with E-state index in [1.807, 2.05) is 0 Å². The molecule has 0 saturated carbocycles. The highest BCUT2D eigenvalue weighted by Crippen LogP contribution is 2.07. The molecule has 0 aliphatic heterocycles. The van der Waals surface area contributed by atoms with Gasteiger partial charge in [0.1, 0.15) is 11.9 Å². The molecule has 1 amide bonds. The number of benzene rings is 1. The number of ether oxygens (including phenoxy) is 1. The summed E-state index contributed by atoms with van der Waals surface area (Å²) in [7, 11) is 0. The molecule has 0 radical (unpaired) electrons. The monoisotopic (exact) mass is 337 g/mol. The predicted octanol–water partition coefficient (Wildman–Crippen LogP) is 4.24. The summed E-state index contributed by atoms with van der Waals surface area (Å²) in [6.07, 6.45) is 8.06. The van der Waals surface area contributed by atoms with Crippen LogP contribution in [0, 0.1) is 5.82 Å². The van der Waals surface area contributed by atoms with Crippen molar-refractivity contribution in [1.29, 1.82) is 0 Å². The van der Waals surface area contributed by atoms with Crippen LogP contribution in [0.3, 0.4) is 0 Å². The normalized spacial score (nSPS) is 11.8. The number of hydrogen-bond acceptors (Lipinski definition) is 3. The molecule has 1 rings (SSSR count). The molecule has 5 heteroatoms. The van der Waals surface area contributed by atoms with Crippen molar-refractivity contribution < 1.29 is 18.7 Å². The molecule has 0 aliphatic carbocycles. The van der Waals surface area contributed by atoms with Gasteiger partial charge in [0, 0.05) is 5.56 Å². The summed E-state index contributed by atoms with van der Waals surface area (Å²) in [5.74, 6) is -1.28. The first-order valence-corrected chi connectivity index (χ1v) is 8.77. The predicted molar refractivity (Wildman–Crippen MR) is 92.3 cm³/mol. The summed E-state index contributed by atoms with van der Waals surface area (Å²) < 4.78 is 18.0. The minimum atomic E-state index is -0.730. The van der Waals surface area contributed by atoms with Gasteiger partial charge in [-0.25, -0.2) is 9.18 Å². The summed E-state index contributed by atoms with van der Waals surface area (Å²) in [4.78, 5) is 23.8. The standard InChI is InChI=1S/C19H28FNO3/c1-3-4-5-6-7-8-9-14-24-19(23)15(2)21-18(22)16-10-12-17(20)13-11-16/h10-13,15H,3-9,14H2,1-2H3,(H,21,22). The molecule has 1 unspecified atom stereocenters. The minimum absolute atomic E-state index is 0.308. The van der Waals surface area contributed by atoms with E-state index in [1.165, 1.54) is 49.9 Å². The van der Waals surface area contributed by atoms with E-state index in [2.05, 4.69) is 12.2 Å². The Hall–Kier alpha value is -1.91. The van der Waals surface area contributed by atoms with Crippen molar-refractivity contribution in [2.24, 2.45) is 0 Å². The molecule has 134 valence electrons. The summed E-state index contributed by atoms with van der Waals surface area (Å²) >= 11 is 0. The van der Waals surface area contributed by atoms with Crippen molar-refractivity contribution in [1.82, 2.24) is 5.32 Å². The highest BCUT2D eigenvalue weighted by Gasteiger charge is 2.17. The lowest BCUT2D eigenvalue weighted by Gasteiger charge is -2.13. The quantitative estimate of drug-likeness (QED) is 0.485. The number of carbonyl (C=O) groups is 2. The van der Waals surface area contributed by atoms with Gasteiger partial charge in [0.15, 0.2) is 0 Å². The first kappa shape index (κ1) is 20.1. The van der Waals surface area contributed by atoms with E-state index >= 15 is 0 Å². The van der Waals surface area contributed by atoms with Gasteiger partial charge >= 0.3 is 5.97 Å². The van der Waals surface area contributed by atoms with E-state index in [-0.39, 0.29) is 0 Å². The van der Waals surface area contributed by atoms with Crippen molar-refractivity contribution in [2.45, 2.75) is 64.8 Å². The minimum Gasteiger partial charge on any atom is -0.464 e. The third-order valence-electron chi connectivity index (χ3n) is 3.80. The Bertz CT molecular complexity index is 502. The number of rotatable bonds is 11. The first-order chi connectivity index (χ1) is 11.5. The Morgan fingerprint density at radius 1 is 1.04 bits per heavy atom. The van der Waals surface area contributed by atoms with Crippen molar-refractivity contribution >= 4 is 11.9 Å². The third-order valence-corrected chi connectivity index (χ3v) is 3.80. The molecule has 0 aromatic heterocycles. The lowest BCUT2D eigenvalue weighted by atomic mass is 10.1. The molecule has 1 N–H and O–H groups in total. The fraction of sp³-hybridized carbons (Fsp3) is 0.579. The molecule has 0 fully saturated rings. The van der Waals surface area contributed by atoms with Crippen LogP contribution in [0.2, 0.25) is 0 Å².